The second kappa shape index (κ2) is 5.98. The van der Waals surface area contributed by atoms with E-state index in [1.54, 1.807) is 12.3 Å². The first-order valence-electron chi connectivity index (χ1n) is 7.95. The van der Waals surface area contributed by atoms with E-state index in [1.165, 1.54) is 23.3 Å². The van der Waals surface area contributed by atoms with Crippen LogP contribution in [0.15, 0.2) is 41.4 Å². The molecule has 0 aliphatic heterocycles. The van der Waals surface area contributed by atoms with Gasteiger partial charge in [-0.3, -0.25) is 4.99 Å². The van der Waals surface area contributed by atoms with Crippen LogP contribution in [-0.2, 0) is 13.0 Å². The SMILES string of the molecule is Cc1cccc2c1Cc1nc(CN=Cc3ccc(O)c(O)c3)nnc1-2. The number of phenolic OH excluding ortho intramolecular Hbond substituents is 2. The van der Waals surface area contributed by atoms with Crippen molar-refractivity contribution in [2.45, 2.75) is 19.9 Å². The fourth-order valence-electron chi connectivity index (χ4n) is 2.98. The van der Waals surface area contributed by atoms with Crippen LogP contribution in [0.1, 0.15) is 28.2 Å². The van der Waals surface area contributed by atoms with Crippen LogP contribution in [0.3, 0.4) is 0 Å². The summed E-state index contributed by atoms with van der Waals surface area (Å²) < 4.78 is 0. The second-order valence-electron chi connectivity index (χ2n) is 6.02. The normalized spacial score (nSPS) is 12.4. The van der Waals surface area contributed by atoms with Gasteiger partial charge in [0.15, 0.2) is 17.3 Å². The highest BCUT2D eigenvalue weighted by atomic mass is 16.3. The Balaban J connectivity index is 1.53. The minimum Gasteiger partial charge on any atom is -0.504 e. The lowest BCUT2D eigenvalue weighted by Crippen LogP contribution is -2.01. The molecule has 0 fully saturated rings. The van der Waals surface area contributed by atoms with Crippen LogP contribution in [-0.4, -0.2) is 31.6 Å². The number of hydrogen-bond donors (Lipinski definition) is 2. The van der Waals surface area contributed by atoms with Crippen molar-refractivity contribution in [3.05, 3.63) is 64.6 Å². The first kappa shape index (κ1) is 15.3. The molecule has 1 aliphatic carbocycles. The van der Waals surface area contributed by atoms with Crippen LogP contribution < -0.4 is 0 Å². The number of fused-ring (bicyclic) bond motifs is 3. The molecule has 0 atom stereocenters. The average Bonchev–Trinajstić information content (AvgIpc) is 2.97. The molecule has 1 aliphatic rings. The molecular formula is C19H16N4O2. The van der Waals surface area contributed by atoms with Gasteiger partial charge in [0.1, 0.15) is 12.2 Å². The number of aryl methyl sites for hydroxylation is 1. The maximum atomic E-state index is 9.48. The zero-order chi connectivity index (χ0) is 17.4. The quantitative estimate of drug-likeness (QED) is 0.445. The number of hydrogen-bond acceptors (Lipinski definition) is 6. The molecular weight excluding hydrogens is 316 g/mol. The minimum absolute atomic E-state index is 0.154. The standard InChI is InChI=1S/C19H16N4O2/c1-11-3-2-4-13-14(11)8-15-19(13)23-22-18(21-15)10-20-9-12-5-6-16(24)17(25)7-12/h2-7,9,24-25H,8,10H2,1H3. The van der Waals surface area contributed by atoms with Crippen LogP contribution in [0.4, 0.5) is 0 Å². The number of aromatic hydroxyl groups is 2. The van der Waals surface area contributed by atoms with E-state index in [0.29, 0.717) is 17.9 Å². The monoisotopic (exact) mass is 332 g/mol. The Morgan fingerprint density at radius 2 is 2.00 bits per heavy atom. The molecule has 0 saturated heterocycles. The molecule has 2 N–H and O–H groups in total. The molecule has 0 bridgehead atoms. The Labute approximate surface area is 144 Å². The van der Waals surface area contributed by atoms with Crippen molar-refractivity contribution in [3.63, 3.8) is 0 Å². The number of benzene rings is 2. The molecule has 6 heteroatoms. The lowest BCUT2D eigenvalue weighted by atomic mass is 10.0. The summed E-state index contributed by atoms with van der Waals surface area (Å²) in [5.41, 5.74) is 6.10. The first-order chi connectivity index (χ1) is 12.1. The highest BCUT2D eigenvalue weighted by molar-refractivity contribution is 5.80. The molecule has 0 amide bonds. The van der Waals surface area contributed by atoms with E-state index in [4.69, 9.17) is 0 Å². The fraction of sp³-hybridized carbons (Fsp3) is 0.158. The first-order valence-corrected chi connectivity index (χ1v) is 7.95. The highest BCUT2D eigenvalue weighted by Gasteiger charge is 2.23. The van der Waals surface area contributed by atoms with Gasteiger partial charge in [-0.25, -0.2) is 4.98 Å². The smallest absolute Gasteiger partial charge is 0.172 e. The molecule has 1 heterocycles. The summed E-state index contributed by atoms with van der Waals surface area (Å²) in [5, 5.41) is 27.3. The molecule has 4 rings (SSSR count). The number of rotatable bonds is 3. The van der Waals surface area contributed by atoms with E-state index in [2.05, 4.69) is 39.2 Å². The maximum Gasteiger partial charge on any atom is 0.172 e. The molecule has 3 aromatic rings. The topological polar surface area (TPSA) is 91.5 Å². The van der Waals surface area contributed by atoms with Crippen LogP contribution in [0, 0.1) is 6.92 Å². The molecule has 0 saturated carbocycles. The Hall–Kier alpha value is -3.28. The van der Waals surface area contributed by atoms with Gasteiger partial charge in [0, 0.05) is 18.2 Å². The Kier molecular flexibility index (Phi) is 3.65. The van der Waals surface area contributed by atoms with Crippen molar-refractivity contribution in [3.8, 4) is 22.8 Å². The number of aliphatic imine (C=N–C) groups is 1. The fourth-order valence-corrected chi connectivity index (χ4v) is 2.98. The van der Waals surface area contributed by atoms with Gasteiger partial charge in [-0.2, -0.15) is 0 Å². The van der Waals surface area contributed by atoms with Gasteiger partial charge in [-0.05, 0) is 41.8 Å². The van der Waals surface area contributed by atoms with E-state index < -0.39 is 0 Å². The van der Waals surface area contributed by atoms with Crippen LogP contribution in [0.25, 0.3) is 11.3 Å². The summed E-state index contributed by atoms with van der Waals surface area (Å²) in [5.74, 6) is 0.231. The number of aromatic nitrogens is 3. The third kappa shape index (κ3) is 2.82. The summed E-state index contributed by atoms with van der Waals surface area (Å²) in [6, 6.07) is 10.7. The predicted molar refractivity (Wildman–Crippen MR) is 93.9 cm³/mol. The van der Waals surface area contributed by atoms with Crippen molar-refractivity contribution < 1.29 is 10.2 Å². The molecule has 124 valence electrons. The van der Waals surface area contributed by atoms with Gasteiger partial charge in [-0.1, -0.05) is 18.2 Å². The van der Waals surface area contributed by atoms with Crippen molar-refractivity contribution in [2.24, 2.45) is 4.99 Å². The Bertz CT molecular complexity index is 999. The minimum atomic E-state index is -0.174. The maximum absolute atomic E-state index is 9.48. The zero-order valence-electron chi connectivity index (χ0n) is 13.6. The highest BCUT2D eigenvalue weighted by Crippen LogP contribution is 2.35. The summed E-state index contributed by atoms with van der Waals surface area (Å²) >= 11 is 0. The van der Waals surface area contributed by atoms with Gasteiger partial charge in [0.05, 0.1) is 5.69 Å². The number of nitrogens with zero attached hydrogens (tertiary/aromatic N) is 4. The van der Waals surface area contributed by atoms with Crippen LogP contribution in [0.2, 0.25) is 0 Å². The number of phenols is 2. The Morgan fingerprint density at radius 3 is 2.84 bits per heavy atom. The van der Waals surface area contributed by atoms with Crippen molar-refractivity contribution in [1.29, 1.82) is 0 Å². The lowest BCUT2D eigenvalue weighted by Gasteiger charge is -2.01. The van der Waals surface area contributed by atoms with Gasteiger partial charge in [-0.15, -0.1) is 10.2 Å². The van der Waals surface area contributed by atoms with Crippen LogP contribution >= 0.6 is 0 Å². The summed E-state index contributed by atoms with van der Waals surface area (Å²) in [6.07, 6.45) is 2.38. The second-order valence-corrected chi connectivity index (χ2v) is 6.02. The molecule has 25 heavy (non-hydrogen) atoms. The summed E-state index contributed by atoms with van der Waals surface area (Å²) in [7, 11) is 0. The average molecular weight is 332 g/mol. The van der Waals surface area contributed by atoms with E-state index in [0.717, 1.165) is 23.4 Å². The molecule has 0 spiro atoms. The van der Waals surface area contributed by atoms with Crippen molar-refractivity contribution in [2.75, 3.05) is 0 Å². The van der Waals surface area contributed by atoms with E-state index in [9.17, 15) is 10.2 Å². The van der Waals surface area contributed by atoms with E-state index in [1.807, 2.05) is 6.07 Å². The molecule has 0 unspecified atom stereocenters. The van der Waals surface area contributed by atoms with E-state index >= 15 is 0 Å². The van der Waals surface area contributed by atoms with E-state index in [-0.39, 0.29) is 11.5 Å². The Morgan fingerprint density at radius 1 is 1.12 bits per heavy atom. The molecule has 2 aromatic carbocycles. The lowest BCUT2D eigenvalue weighted by molar-refractivity contribution is 0.403. The molecule has 6 nitrogen and oxygen atoms in total. The van der Waals surface area contributed by atoms with Crippen molar-refractivity contribution >= 4 is 6.21 Å². The van der Waals surface area contributed by atoms with Crippen molar-refractivity contribution in [1.82, 2.24) is 15.2 Å². The van der Waals surface area contributed by atoms with Crippen LogP contribution in [0.5, 0.6) is 11.5 Å². The van der Waals surface area contributed by atoms with Gasteiger partial charge < -0.3 is 10.2 Å². The summed E-state index contributed by atoms with van der Waals surface area (Å²) in [6.45, 7) is 2.40. The third-order valence-electron chi connectivity index (χ3n) is 4.28. The van der Waals surface area contributed by atoms with Gasteiger partial charge >= 0.3 is 0 Å². The summed E-state index contributed by atoms with van der Waals surface area (Å²) in [4.78, 5) is 8.89. The zero-order valence-corrected chi connectivity index (χ0v) is 13.6. The molecule has 0 radical (unpaired) electrons. The largest absolute Gasteiger partial charge is 0.504 e. The molecule has 1 aromatic heterocycles. The predicted octanol–water partition coefficient (Wildman–Crippen LogP) is 2.78. The van der Waals surface area contributed by atoms with Gasteiger partial charge in [0.25, 0.3) is 0 Å². The van der Waals surface area contributed by atoms with Gasteiger partial charge in [0.2, 0.25) is 0 Å². The third-order valence-corrected chi connectivity index (χ3v) is 4.28.